The highest BCUT2D eigenvalue weighted by Crippen LogP contribution is 2.30. The van der Waals surface area contributed by atoms with Crippen molar-refractivity contribution in [3.8, 4) is 0 Å². The second-order valence-corrected chi connectivity index (χ2v) is 7.32. The summed E-state index contributed by atoms with van der Waals surface area (Å²) >= 11 is 7.34. The molecule has 4 rings (SSSR count). The summed E-state index contributed by atoms with van der Waals surface area (Å²) in [4.78, 5) is 18.2. The third kappa shape index (κ3) is 4.27. The highest BCUT2D eigenvalue weighted by atomic mass is 35.5. The van der Waals surface area contributed by atoms with Crippen LogP contribution in [-0.2, 0) is 6.54 Å². The van der Waals surface area contributed by atoms with Crippen molar-refractivity contribution in [2.75, 3.05) is 5.32 Å². The molecule has 0 aliphatic rings. The van der Waals surface area contributed by atoms with Gasteiger partial charge in [0.05, 0.1) is 18.0 Å². The van der Waals surface area contributed by atoms with Gasteiger partial charge in [0.1, 0.15) is 23.1 Å². The third-order valence-electron chi connectivity index (χ3n) is 3.89. The topological polar surface area (TPSA) is 73.0 Å². The van der Waals surface area contributed by atoms with Crippen molar-refractivity contribution in [3.05, 3.63) is 89.6 Å². The van der Waals surface area contributed by atoms with E-state index in [0.29, 0.717) is 28.0 Å². The monoisotopic (exact) mass is 410 g/mol. The standard InChI is InChI=1S/C20H15ClN4O2S/c21-14-5-7-16(8-6-14)28-20-17(4-1-10-22-20)19(26)24-18-9-11-23-25(18)13-15-3-2-12-27-15/h1-12H,13H2,(H,24,26). The van der Waals surface area contributed by atoms with Crippen molar-refractivity contribution in [2.24, 2.45) is 0 Å². The van der Waals surface area contributed by atoms with Crippen molar-refractivity contribution in [1.82, 2.24) is 14.8 Å². The molecule has 4 aromatic rings. The van der Waals surface area contributed by atoms with Crippen molar-refractivity contribution in [1.29, 1.82) is 0 Å². The summed E-state index contributed by atoms with van der Waals surface area (Å²) in [6, 6.07) is 16.3. The minimum Gasteiger partial charge on any atom is -0.467 e. The smallest absolute Gasteiger partial charge is 0.259 e. The number of furan rings is 1. The fourth-order valence-corrected chi connectivity index (χ4v) is 3.56. The number of benzene rings is 1. The van der Waals surface area contributed by atoms with Gasteiger partial charge in [-0.25, -0.2) is 9.67 Å². The predicted molar refractivity (Wildman–Crippen MR) is 108 cm³/mol. The zero-order valence-electron chi connectivity index (χ0n) is 14.6. The number of rotatable bonds is 6. The Kier molecular flexibility index (Phi) is 5.45. The molecule has 0 bridgehead atoms. The lowest BCUT2D eigenvalue weighted by atomic mass is 10.2. The molecule has 3 heterocycles. The third-order valence-corrected chi connectivity index (χ3v) is 5.17. The van der Waals surface area contributed by atoms with Crippen LogP contribution in [0.5, 0.6) is 0 Å². The molecule has 0 saturated heterocycles. The normalized spacial score (nSPS) is 10.8. The van der Waals surface area contributed by atoms with Gasteiger partial charge in [0.15, 0.2) is 0 Å². The predicted octanol–water partition coefficient (Wildman–Crippen LogP) is 4.98. The summed E-state index contributed by atoms with van der Waals surface area (Å²) < 4.78 is 7.01. The molecule has 0 atom stereocenters. The van der Waals surface area contributed by atoms with Crippen LogP contribution in [0.1, 0.15) is 16.1 Å². The molecule has 28 heavy (non-hydrogen) atoms. The van der Waals surface area contributed by atoms with Crippen LogP contribution in [0.15, 0.2) is 87.6 Å². The maximum atomic E-state index is 12.9. The van der Waals surface area contributed by atoms with Gasteiger partial charge in [-0.15, -0.1) is 0 Å². The molecule has 1 amide bonds. The van der Waals surface area contributed by atoms with Gasteiger partial charge in [-0.3, -0.25) is 4.79 Å². The van der Waals surface area contributed by atoms with Crippen LogP contribution in [-0.4, -0.2) is 20.7 Å². The van der Waals surface area contributed by atoms with Gasteiger partial charge in [-0.05, 0) is 48.5 Å². The second-order valence-electron chi connectivity index (χ2n) is 5.82. The van der Waals surface area contributed by atoms with Gasteiger partial charge in [-0.2, -0.15) is 5.10 Å². The number of anilines is 1. The fourth-order valence-electron chi connectivity index (χ4n) is 2.56. The van der Waals surface area contributed by atoms with Crippen LogP contribution < -0.4 is 5.32 Å². The Hall–Kier alpha value is -3.03. The number of carbonyl (C=O) groups excluding carboxylic acids is 1. The zero-order chi connectivity index (χ0) is 19.3. The van der Waals surface area contributed by atoms with Crippen LogP contribution in [0.25, 0.3) is 0 Å². The molecule has 0 saturated carbocycles. The van der Waals surface area contributed by atoms with E-state index in [1.54, 1.807) is 53.7 Å². The molecule has 0 unspecified atom stereocenters. The largest absolute Gasteiger partial charge is 0.467 e. The molecule has 6 nitrogen and oxygen atoms in total. The fraction of sp³-hybridized carbons (Fsp3) is 0.0500. The van der Waals surface area contributed by atoms with Gasteiger partial charge in [0.2, 0.25) is 0 Å². The van der Waals surface area contributed by atoms with Crippen LogP contribution in [0.4, 0.5) is 5.82 Å². The maximum Gasteiger partial charge on any atom is 0.259 e. The minimum absolute atomic E-state index is 0.259. The number of hydrogen-bond donors (Lipinski definition) is 1. The van der Waals surface area contributed by atoms with E-state index in [1.165, 1.54) is 11.8 Å². The summed E-state index contributed by atoms with van der Waals surface area (Å²) in [6.07, 6.45) is 4.90. The molecule has 3 aromatic heterocycles. The van der Waals surface area contributed by atoms with Gasteiger partial charge in [0.25, 0.3) is 5.91 Å². The summed E-state index contributed by atoms with van der Waals surface area (Å²) in [5.74, 6) is 1.07. The number of hydrogen-bond acceptors (Lipinski definition) is 5. The molecule has 0 aliphatic carbocycles. The molecule has 0 aliphatic heterocycles. The summed E-state index contributed by atoms with van der Waals surface area (Å²) in [6.45, 7) is 0.426. The molecule has 0 radical (unpaired) electrons. The van der Waals surface area contributed by atoms with E-state index in [4.69, 9.17) is 16.0 Å². The van der Waals surface area contributed by atoms with Crippen LogP contribution >= 0.6 is 23.4 Å². The van der Waals surface area contributed by atoms with E-state index in [0.717, 1.165) is 10.7 Å². The van der Waals surface area contributed by atoms with Crippen molar-refractivity contribution >= 4 is 35.1 Å². The highest BCUT2D eigenvalue weighted by Gasteiger charge is 2.16. The number of halogens is 1. The lowest BCUT2D eigenvalue weighted by Crippen LogP contribution is -2.17. The Bertz CT molecular complexity index is 1080. The van der Waals surface area contributed by atoms with E-state index in [1.807, 2.05) is 24.3 Å². The number of carbonyl (C=O) groups is 1. The molecule has 1 aromatic carbocycles. The number of amides is 1. The molecule has 0 spiro atoms. The van der Waals surface area contributed by atoms with Crippen molar-refractivity contribution in [3.63, 3.8) is 0 Å². The first-order chi connectivity index (χ1) is 13.7. The molecule has 8 heteroatoms. The van der Waals surface area contributed by atoms with E-state index in [2.05, 4.69) is 15.4 Å². The van der Waals surface area contributed by atoms with Gasteiger partial charge < -0.3 is 9.73 Å². The zero-order valence-corrected chi connectivity index (χ0v) is 16.2. The quantitative estimate of drug-likeness (QED) is 0.485. The van der Waals surface area contributed by atoms with Gasteiger partial charge >= 0.3 is 0 Å². The van der Waals surface area contributed by atoms with Gasteiger partial charge in [0, 0.05) is 22.2 Å². The molecule has 0 fully saturated rings. The number of nitrogens with one attached hydrogen (secondary N) is 1. The van der Waals surface area contributed by atoms with Crippen molar-refractivity contribution < 1.29 is 9.21 Å². The Morgan fingerprint density at radius 2 is 1.96 bits per heavy atom. The number of aromatic nitrogens is 3. The van der Waals surface area contributed by atoms with Crippen LogP contribution in [0, 0.1) is 0 Å². The van der Waals surface area contributed by atoms with E-state index in [-0.39, 0.29) is 5.91 Å². The Balaban J connectivity index is 1.53. The molecular formula is C20H15ClN4O2S. The minimum atomic E-state index is -0.259. The lowest BCUT2D eigenvalue weighted by Gasteiger charge is -2.10. The second kappa shape index (κ2) is 8.33. The molecule has 140 valence electrons. The lowest BCUT2D eigenvalue weighted by molar-refractivity contribution is 0.102. The van der Waals surface area contributed by atoms with E-state index >= 15 is 0 Å². The molecular weight excluding hydrogens is 396 g/mol. The first-order valence-electron chi connectivity index (χ1n) is 8.43. The number of nitrogens with zero attached hydrogens (tertiary/aromatic N) is 3. The Labute approximate surface area is 170 Å². The first-order valence-corrected chi connectivity index (χ1v) is 9.62. The summed E-state index contributed by atoms with van der Waals surface area (Å²) in [7, 11) is 0. The molecule has 1 N–H and O–H groups in total. The number of pyridine rings is 1. The van der Waals surface area contributed by atoms with Crippen LogP contribution in [0.3, 0.4) is 0 Å². The average molecular weight is 411 g/mol. The SMILES string of the molecule is O=C(Nc1ccnn1Cc1ccco1)c1cccnc1Sc1ccc(Cl)cc1. The highest BCUT2D eigenvalue weighted by molar-refractivity contribution is 7.99. The van der Waals surface area contributed by atoms with Gasteiger partial charge in [-0.1, -0.05) is 23.4 Å². The van der Waals surface area contributed by atoms with E-state index < -0.39 is 0 Å². The first kappa shape index (κ1) is 18.3. The average Bonchev–Trinajstić information content (AvgIpc) is 3.37. The van der Waals surface area contributed by atoms with Crippen molar-refractivity contribution in [2.45, 2.75) is 16.5 Å². The summed E-state index contributed by atoms with van der Waals surface area (Å²) in [5.41, 5.74) is 0.480. The Morgan fingerprint density at radius 1 is 1.11 bits per heavy atom. The van der Waals surface area contributed by atoms with E-state index in [9.17, 15) is 4.79 Å². The summed E-state index contributed by atoms with van der Waals surface area (Å²) in [5, 5.41) is 8.42. The maximum absolute atomic E-state index is 12.9. The van der Waals surface area contributed by atoms with Crippen LogP contribution in [0.2, 0.25) is 5.02 Å². The Morgan fingerprint density at radius 3 is 2.75 bits per heavy atom.